The minimum Gasteiger partial charge on any atom is -0.480 e. The summed E-state index contributed by atoms with van der Waals surface area (Å²) in [5, 5.41) is 21.4. The van der Waals surface area contributed by atoms with Crippen LogP contribution in [-0.2, 0) is 4.79 Å². The summed E-state index contributed by atoms with van der Waals surface area (Å²) in [6.45, 7) is 1.66. The average Bonchev–Trinajstić information content (AvgIpc) is 2.37. The van der Waals surface area contributed by atoms with Gasteiger partial charge < -0.3 is 10.4 Å². The predicted molar refractivity (Wildman–Crippen MR) is 66.8 cm³/mol. The third-order valence-corrected chi connectivity index (χ3v) is 2.68. The summed E-state index contributed by atoms with van der Waals surface area (Å²) in [5.41, 5.74) is -2.24. The normalized spacial score (nSPS) is 11.8. The Morgan fingerprint density at radius 2 is 2.05 bits per heavy atom. The van der Waals surface area contributed by atoms with E-state index in [0.29, 0.717) is 18.6 Å². The fourth-order valence-corrected chi connectivity index (χ4v) is 1.67. The molecule has 2 N–H and O–H groups in total. The number of nitro benzene ring substituents is 1. The molecule has 0 fully saturated rings. The first kappa shape index (κ1) is 16.5. The highest BCUT2D eigenvalue weighted by Gasteiger charge is 2.28. The number of hydrogen-bond acceptors (Lipinski definition) is 4. The van der Waals surface area contributed by atoms with E-state index in [4.69, 9.17) is 5.11 Å². The standard InChI is InChI=1S/C12H12F2N2O5/c1-2-3-7(12(18)19)15-11(17)9-6(13)4-5-8(10(9)14)16(20)21/h4-5,7H,2-3H2,1H3,(H,15,17)(H,18,19)/t7-/m1/s1. The molecule has 0 aliphatic carbocycles. The van der Waals surface area contributed by atoms with Crippen molar-refractivity contribution in [2.45, 2.75) is 25.8 Å². The average molecular weight is 302 g/mol. The molecule has 114 valence electrons. The summed E-state index contributed by atoms with van der Waals surface area (Å²) in [6.07, 6.45) is 0.469. The van der Waals surface area contributed by atoms with E-state index < -0.39 is 45.7 Å². The van der Waals surface area contributed by atoms with Gasteiger partial charge in [-0.05, 0) is 12.5 Å². The van der Waals surface area contributed by atoms with Crippen LogP contribution < -0.4 is 5.32 Å². The first-order valence-corrected chi connectivity index (χ1v) is 5.95. The van der Waals surface area contributed by atoms with Crippen molar-refractivity contribution in [1.29, 1.82) is 0 Å². The Labute approximate surface area is 117 Å². The summed E-state index contributed by atoms with van der Waals surface area (Å²) in [5.74, 6) is -5.67. The lowest BCUT2D eigenvalue weighted by molar-refractivity contribution is -0.387. The minimum atomic E-state index is -1.64. The van der Waals surface area contributed by atoms with E-state index in [1.165, 1.54) is 0 Å². The fourth-order valence-electron chi connectivity index (χ4n) is 1.67. The summed E-state index contributed by atoms with van der Waals surface area (Å²) in [6, 6.07) is -0.172. The molecule has 1 rings (SSSR count). The van der Waals surface area contributed by atoms with Crippen molar-refractivity contribution in [3.63, 3.8) is 0 Å². The van der Waals surface area contributed by atoms with Gasteiger partial charge in [0.05, 0.1) is 4.92 Å². The van der Waals surface area contributed by atoms with Crippen molar-refractivity contribution in [3.05, 3.63) is 39.4 Å². The van der Waals surface area contributed by atoms with Crippen molar-refractivity contribution >= 4 is 17.6 Å². The minimum absolute atomic E-state index is 0.0548. The zero-order valence-corrected chi connectivity index (χ0v) is 10.9. The van der Waals surface area contributed by atoms with E-state index >= 15 is 0 Å². The number of rotatable bonds is 6. The highest BCUT2D eigenvalue weighted by molar-refractivity contribution is 5.97. The molecule has 7 nitrogen and oxygen atoms in total. The summed E-state index contributed by atoms with van der Waals surface area (Å²) in [4.78, 5) is 32.1. The maximum atomic E-state index is 13.8. The maximum Gasteiger partial charge on any atom is 0.326 e. The largest absolute Gasteiger partial charge is 0.480 e. The van der Waals surface area contributed by atoms with Crippen molar-refractivity contribution in [1.82, 2.24) is 5.32 Å². The smallest absolute Gasteiger partial charge is 0.326 e. The van der Waals surface area contributed by atoms with Crippen molar-refractivity contribution < 1.29 is 28.4 Å². The van der Waals surface area contributed by atoms with Crippen LogP contribution in [0.1, 0.15) is 30.1 Å². The molecule has 0 aromatic heterocycles. The molecule has 0 heterocycles. The number of nitrogens with zero attached hydrogens (tertiary/aromatic N) is 1. The van der Waals surface area contributed by atoms with Crippen molar-refractivity contribution in [3.8, 4) is 0 Å². The highest BCUT2D eigenvalue weighted by atomic mass is 19.1. The molecule has 0 unspecified atom stereocenters. The van der Waals surface area contributed by atoms with Gasteiger partial charge >= 0.3 is 11.7 Å². The van der Waals surface area contributed by atoms with E-state index in [9.17, 15) is 28.5 Å². The SMILES string of the molecule is CCC[C@@H](NC(=O)c1c(F)ccc([N+](=O)[O-])c1F)C(=O)O. The topological polar surface area (TPSA) is 110 Å². The van der Waals surface area contributed by atoms with Crippen LogP contribution in [0.15, 0.2) is 12.1 Å². The maximum absolute atomic E-state index is 13.8. The molecule has 0 aliphatic rings. The van der Waals surface area contributed by atoms with Crippen LogP contribution in [0.3, 0.4) is 0 Å². The monoisotopic (exact) mass is 302 g/mol. The molecule has 0 saturated heterocycles. The van der Waals surface area contributed by atoms with E-state index in [2.05, 4.69) is 0 Å². The second-order valence-corrected chi connectivity index (χ2v) is 4.17. The third kappa shape index (κ3) is 3.71. The Hall–Kier alpha value is -2.58. The molecular weight excluding hydrogens is 290 g/mol. The zero-order chi connectivity index (χ0) is 16.2. The number of nitro groups is 1. The lowest BCUT2D eigenvalue weighted by Gasteiger charge is -2.14. The number of nitrogens with one attached hydrogen (secondary N) is 1. The quantitative estimate of drug-likeness (QED) is 0.615. The fraction of sp³-hybridized carbons (Fsp3) is 0.333. The third-order valence-electron chi connectivity index (χ3n) is 2.68. The predicted octanol–water partition coefficient (Wildman–Crippen LogP) is 1.86. The van der Waals surface area contributed by atoms with Crippen LogP contribution in [0.2, 0.25) is 0 Å². The van der Waals surface area contributed by atoms with Gasteiger partial charge in [0.15, 0.2) is 0 Å². The van der Waals surface area contributed by atoms with Crippen LogP contribution in [0.4, 0.5) is 14.5 Å². The second-order valence-electron chi connectivity index (χ2n) is 4.17. The summed E-state index contributed by atoms with van der Waals surface area (Å²) < 4.78 is 27.3. The number of carboxylic acid groups (broad SMARTS) is 1. The van der Waals surface area contributed by atoms with E-state index in [1.807, 2.05) is 5.32 Å². The van der Waals surface area contributed by atoms with Gasteiger partial charge in [0, 0.05) is 6.07 Å². The summed E-state index contributed by atoms with van der Waals surface area (Å²) >= 11 is 0. The number of amides is 1. The van der Waals surface area contributed by atoms with Gasteiger partial charge in [0.1, 0.15) is 17.4 Å². The molecule has 0 bridgehead atoms. The molecule has 1 aromatic carbocycles. The molecule has 1 amide bonds. The molecule has 0 aliphatic heterocycles. The number of halogens is 2. The van der Waals surface area contributed by atoms with Crippen molar-refractivity contribution in [2.75, 3.05) is 0 Å². The van der Waals surface area contributed by atoms with Crippen LogP contribution in [0, 0.1) is 21.7 Å². The van der Waals surface area contributed by atoms with Gasteiger partial charge in [-0.3, -0.25) is 14.9 Å². The van der Waals surface area contributed by atoms with Gasteiger partial charge in [-0.1, -0.05) is 13.3 Å². The number of carbonyl (C=O) groups excluding carboxylic acids is 1. The zero-order valence-electron chi connectivity index (χ0n) is 10.9. The van der Waals surface area contributed by atoms with Gasteiger partial charge in [0.25, 0.3) is 5.91 Å². The van der Waals surface area contributed by atoms with Crippen LogP contribution in [0.5, 0.6) is 0 Å². The number of hydrogen-bond donors (Lipinski definition) is 2. The van der Waals surface area contributed by atoms with E-state index in [1.54, 1.807) is 6.92 Å². The molecule has 21 heavy (non-hydrogen) atoms. The molecule has 0 spiro atoms. The van der Waals surface area contributed by atoms with Crippen LogP contribution >= 0.6 is 0 Å². The Morgan fingerprint density at radius 3 is 2.52 bits per heavy atom. The number of aliphatic carboxylic acids is 1. The molecule has 1 atom stereocenters. The number of carbonyl (C=O) groups is 2. The Kier molecular flexibility index (Phi) is 5.28. The van der Waals surface area contributed by atoms with Crippen LogP contribution in [-0.4, -0.2) is 27.9 Å². The molecule has 0 saturated carbocycles. The lowest BCUT2D eigenvalue weighted by atomic mass is 10.1. The van der Waals surface area contributed by atoms with Gasteiger partial charge in [0.2, 0.25) is 5.82 Å². The molecular formula is C12H12F2N2O5. The van der Waals surface area contributed by atoms with Gasteiger partial charge in [-0.2, -0.15) is 4.39 Å². The lowest BCUT2D eigenvalue weighted by Crippen LogP contribution is -2.41. The summed E-state index contributed by atoms with van der Waals surface area (Å²) in [7, 11) is 0. The Bertz CT molecular complexity index is 591. The highest BCUT2D eigenvalue weighted by Crippen LogP contribution is 2.23. The van der Waals surface area contributed by atoms with Crippen molar-refractivity contribution in [2.24, 2.45) is 0 Å². The first-order chi connectivity index (χ1) is 9.79. The number of benzene rings is 1. The Morgan fingerprint density at radius 1 is 1.43 bits per heavy atom. The van der Waals surface area contributed by atoms with Gasteiger partial charge in [-0.25, -0.2) is 9.18 Å². The molecule has 9 heteroatoms. The second kappa shape index (κ2) is 6.73. The first-order valence-electron chi connectivity index (χ1n) is 5.95. The van der Waals surface area contributed by atoms with E-state index in [-0.39, 0.29) is 6.42 Å². The van der Waals surface area contributed by atoms with Crippen LogP contribution in [0.25, 0.3) is 0 Å². The van der Waals surface area contributed by atoms with E-state index in [0.717, 1.165) is 0 Å². The number of carboxylic acids is 1. The molecule has 0 radical (unpaired) electrons. The van der Waals surface area contributed by atoms with Gasteiger partial charge in [-0.15, -0.1) is 0 Å². The molecule has 1 aromatic rings. The Balaban J connectivity index is 3.15.